The van der Waals surface area contributed by atoms with E-state index in [9.17, 15) is 22.9 Å². The molecule has 1 aromatic heterocycles. The molecular formula is C19H19FN6O4S. The minimum absolute atomic E-state index is 0.0499. The van der Waals surface area contributed by atoms with Crippen molar-refractivity contribution in [3.8, 4) is 17.1 Å². The minimum Gasteiger partial charge on any atom is -0.258 e. The molecule has 0 aliphatic carbocycles. The van der Waals surface area contributed by atoms with Crippen molar-refractivity contribution in [2.24, 2.45) is 5.92 Å². The van der Waals surface area contributed by atoms with Crippen LogP contribution in [0.25, 0.3) is 17.1 Å². The van der Waals surface area contributed by atoms with Gasteiger partial charge >= 0.3 is 0 Å². The summed E-state index contributed by atoms with van der Waals surface area (Å²) in [6, 6.07) is 9.11. The van der Waals surface area contributed by atoms with Crippen molar-refractivity contribution < 1.29 is 17.7 Å². The van der Waals surface area contributed by atoms with Crippen LogP contribution < -0.4 is 0 Å². The lowest BCUT2D eigenvalue weighted by Crippen LogP contribution is -2.39. The quantitative estimate of drug-likeness (QED) is 0.436. The number of aromatic nitrogens is 4. The van der Waals surface area contributed by atoms with Crippen LogP contribution in [0.5, 0.6) is 0 Å². The molecule has 0 spiro atoms. The molecule has 4 rings (SSSR count). The first kappa shape index (κ1) is 21.0. The first-order valence-electron chi connectivity index (χ1n) is 9.60. The second-order valence-electron chi connectivity index (χ2n) is 7.43. The summed E-state index contributed by atoms with van der Waals surface area (Å²) in [5, 5.41) is 23.4. The van der Waals surface area contributed by atoms with Crippen molar-refractivity contribution >= 4 is 15.7 Å². The van der Waals surface area contributed by atoms with Gasteiger partial charge in [-0.2, -0.15) is 4.31 Å². The summed E-state index contributed by atoms with van der Waals surface area (Å²) < 4.78 is 40.8. The Labute approximate surface area is 177 Å². The van der Waals surface area contributed by atoms with E-state index in [2.05, 4.69) is 15.4 Å². The highest BCUT2D eigenvalue weighted by Gasteiger charge is 2.31. The van der Waals surface area contributed by atoms with E-state index >= 15 is 0 Å². The monoisotopic (exact) mass is 446 g/mol. The first-order chi connectivity index (χ1) is 14.8. The van der Waals surface area contributed by atoms with Crippen molar-refractivity contribution in [3.63, 3.8) is 0 Å². The molecule has 1 saturated heterocycles. The molecule has 2 aromatic carbocycles. The zero-order valence-electron chi connectivity index (χ0n) is 16.5. The number of nitrogens with zero attached hydrogens (tertiary/aromatic N) is 6. The molecule has 162 valence electrons. The van der Waals surface area contributed by atoms with Gasteiger partial charge in [0.05, 0.1) is 9.82 Å². The van der Waals surface area contributed by atoms with Gasteiger partial charge in [0.25, 0.3) is 5.69 Å². The van der Waals surface area contributed by atoms with Crippen LogP contribution in [0.2, 0.25) is 0 Å². The molecule has 10 nitrogen and oxygen atoms in total. The van der Waals surface area contributed by atoms with Gasteiger partial charge in [-0.05, 0) is 48.2 Å². The molecule has 0 radical (unpaired) electrons. The van der Waals surface area contributed by atoms with E-state index < -0.39 is 26.5 Å². The Morgan fingerprint density at radius 1 is 1.23 bits per heavy atom. The largest absolute Gasteiger partial charge is 0.298 e. The lowest BCUT2D eigenvalue weighted by atomic mass is 10.0. The zero-order chi connectivity index (χ0) is 22.2. The van der Waals surface area contributed by atoms with Gasteiger partial charge in [0.2, 0.25) is 15.8 Å². The smallest absolute Gasteiger partial charge is 0.258 e. The Hall–Kier alpha value is -3.25. The predicted octanol–water partition coefficient (Wildman–Crippen LogP) is 2.80. The number of piperidine rings is 1. The van der Waals surface area contributed by atoms with Crippen LogP contribution in [0.4, 0.5) is 10.1 Å². The Morgan fingerprint density at radius 3 is 2.74 bits per heavy atom. The van der Waals surface area contributed by atoms with Crippen molar-refractivity contribution in [2.75, 3.05) is 13.1 Å². The summed E-state index contributed by atoms with van der Waals surface area (Å²) in [6.45, 7) is 2.73. The number of hydrogen-bond acceptors (Lipinski definition) is 7. The van der Waals surface area contributed by atoms with Gasteiger partial charge in [0.15, 0.2) is 5.69 Å². The number of rotatable bonds is 5. The average molecular weight is 446 g/mol. The van der Waals surface area contributed by atoms with E-state index in [0.717, 1.165) is 23.7 Å². The molecule has 2 heterocycles. The molecule has 1 unspecified atom stereocenters. The Morgan fingerprint density at radius 2 is 2.03 bits per heavy atom. The summed E-state index contributed by atoms with van der Waals surface area (Å²) in [6.07, 6.45) is 1.68. The van der Waals surface area contributed by atoms with Gasteiger partial charge in [0.1, 0.15) is 5.82 Å². The van der Waals surface area contributed by atoms with Crippen molar-refractivity contribution in [3.05, 3.63) is 58.4 Å². The summed E-state index contributed by atoms with van der Waals surface area (Å²) in [5.41, 5.74) is -0.173. The van der Waals surface area contributed by atoms with Gasteiger partial charge in [0, 0.05) is 24.7 Å². The van der Waals surface area contributed by atoms with E-state index in [4.69, 9.17) is 0 Å². The van der Waals surface area contributed by atoms with Gasteiger partial charge in [-0.3, -0.25) is 10.1 Å². The van der Waals surface area contributed by atoms with Crippen LogP contribution in [0.15, 0.2) is 47.4 Å². The Balaban J connectivity index is 1.71. The van der Waals surface area contributed by atoms with Crippen LogP contribution in [-0.2, 0) is 10.0 Å². The highest BCUT2D eigenvalue weighted by Crippen LogP contribution is 2.29. The number of nitro groups is 1. The zero-order valence-corrected chi connectivity index (χ0v) is 17.4. The van der Waals surface area contributed by atoms with Crippen molar-refractivity contribution in [1.29, 1.82) is 0 Å². The van der Waals surface area contributed by atoms with Gasteiger partial charge in [-0.25, -0.2) is 12.8 Å². The minimum atomic E-state index is -3.87. The maximum atomic E-state index is 13.5. The average Bonchev–Trinajstić information content (AvgIpc) is 3.23. The second-order valence-corrected chi connectivity index (χ2v) is 9.37. The molecule has 31 heavy (non-hydrogen) atoms. The van der Waals surface area contributed by atoms with E-state index in [1.807, 2.05) is 6.92 Å². The molecular weight excluding hydrogens is 427 g/mol. The highest BCUT2D eigenvalue weighted by atomic mass is 32.2. The summed E-state index contributed by atoms with van der Waals surface area (Å²) in [4.78, 5) is 11.8. The van der Waals surface area contributed by atoms with Crippen LogP contribution in [0.1, 0.15) is 19.8 Å². The van der Waals surface area contributed by atoms with E-state index in [1.165, 1.54) is 34.6 Å². The van der Waals surface area contributed by atoms with Gasteiger partial charge < -0.3 is 0 Å². The number of halogens is 1. The molecule has 0 saturated carbocycles. The molecule has 0 N–H and O–H groups in total. The fourth-order valence-electron chi connectivity index (χ4n) is 3.55. The Kier molecular flexibility index (Phi) is 5.50. The third-order valence-corrected chi connectivity index (χ3v) is 6.97. The third-order valence-electron chi connectivity index (χ3n) is 5.11. The fraction of sp³-hybridized carbons (Fsp3) is 0.316. The van der Waals surface area contributed by atoms with Gasteiger partial charge in [-0.1, -0.05) is 19.1 Å². The number of nitro benzene ring substituents is 1. The lowest BCUT2D eigenvalue weighted by molar-refractivity contribution is -0.384. The predicted molar refractivity (Wildman–Crippen MR) is 108 cm³/mol. The summed E-state index contributed by atoms with van der Waals surface area (Å²) in [5.74, 6) is -0.187. The standard InChI is InChI=1S/C19H19FN6O4S/c1-13-4-3-9-24(12-13)31(29,30)16-7-8-17(18(11-16)26(27)28)25-22-19(21-23-25)14-5-2-6-15(20)10-14/h2,5-8,10-11,13H,3-4,9,12H2,1H3. The normalized spacial score (nSPS) is 17.5. The molecule has 0 amide bonds. The van der Waals surface area contributed by atoms with Crippen LogP contribution in [-0.4, -0.2) is 50.9 Å². The fourth-order valence-corrected chi connectivity index (χ4v) is 5.17. The molecule has 3 aromatic rings. The van der Waals surface area contributed by atoms with E-state index in [-0.39, 0.29) is 22.3 Å². The lowest BCUT2D eigenvalue weighted by Gasteiger charge is -2.29. The van der Waals surface area contributed by atoms with Crippen molar-refractivity contribution in [1.82, 2.24) is 24.5 Å². The second kappa shape index (κ2) is 8.12. The molecule has 0 bridgehead atoms. The van der Waals surface area contributed by atoms with Crippen LogP contribution in [0, 0.1) is 21.8 Å². The van der Waals surface area contributed by atoms with E-state index in [1.54, 1.807) is 6.07 Å². The topological polar surface area (TPSA) is 124 Å². The van der Waals surface area contributed by atoms with Crippen LogP contribution >= 0.6 is 0 Å². The van der Waals surface area contributed by atoms with Crippen LogP contribution in [0.3, 0.4) is 0 Å². The van der Waals surface area contributed by atoms with Crippen molar-refractivity contribution in [2.45, 2.75) is 24.7 Å². The summed E-state index contributed by atoms with van der Waals surface area (Å²) in [7, 11) is -3.87. The maximum absolute atomic E-state index is 13.5. The maximum Gasteiger partial charge on any atom is 0.298 e. The number of hydrogen-bond donors (Lipinski definition) is 0. The van der Waals surface area contributed by atoms with E-state index in [0.29, 0.717) is 18.7 Å². The first-order valence-corrected chi connectivity index (χ1v) is 11.0. The number of benzene rings is 2. The molecule has 12 heteroatoms. The number of sulfonamides is 1. The Bertz CT molecular complexity index is 1250. The molecule has 1 fully saturated rings. The third kappa shape index (κ3) is 4.16. The number of tetrazole rings is 1. The molecule has 1 aliphatic heterocycles. The van der Waals surface area contributed by atoms with Gasteiger partial charge in [-0.15, -0.1) is 15.0 Å². The molecule has 1 atom stereocenters. The SMILES string of the molecule is CC1CCCN(S(=O)(=O)c2ccc(-n3nnc(-c4cccc(F)c4)n3)c([N+](=O)[O-])c2)C1. The molecule has 1 aliphatic rings. The highest BCUT2D eigenvalue weighted by molar-refractivity contribution is 7.89. The summed E-state index contributed by atoms with van der Waals surface area (Å²) >= 11 is 0.